The van der Waals surface area contributed by atoms with Crippen LogP contribution in [0.5, 0.6) is 0 Å². The highest BCUT2D eigenvalue weighted by Gasteiger charge is 2.31. The van der Waals surface area contributed by atoms with Crippen molar-refractivity contribution in [2.24, 2.45) is 5.92 Å². The van der Waals surface area contributed by atoms with Crippen molar-refractivity contribution in [3.63, 3.8) is 0 Å². The second-order valence-corrected chi connectivity index (χ2v) is 10.8. The maximum absolute atomic E-state index is 12.8. The van der Waals surface area contributed by atoms with Crippen LogP contribution in [-0.2, 0) is 27.0 Å². The van der Waals surface area contributed by atoms with Gasteiger partial charge in [-0.3, -0.25) is 4.79 Å². The summed E-state index contributed by atoms with van der Waals surface area (Å²) < 4.78 is 27.1. The minimum absolute atomic E-state index is 0.0200. The smallest absolute Gasteiger partial charge is 0.223 e. The predicted molar refractivity (Wildman–Crippen MR) is 125 cm³/mol. The van der Waals surface area contributed by atoms with Gasteiger partial charge >= 0.3 is 0 Å². The lowest BCUT2D eigenvalue weighted by atomic mass is 9.97. The molecule has 1 saturated heterocycles. The molecule has 1 amide bonds. The maximum atomic E-state index is 12.8. The zero-order valence-electron chi connectivity index (χ0n) is 18.8. The summed E-state index contributed by atoms with van der Waals surface area (Å²) in [5.74, 6) is 0.453. The number of amides is 1. The molecule has 1 heterocycles. The van der Waals surface area contributed by atoms with Crippen molar-refractivity contribution in [1.82, 2.24) is 9.62 Å². The third-order valence-corrected chi connectivity index (χ3v) is 8.00. The average Bonchev–Trinajstić information content (AvgIpc) is 2.75. The number of benzene rings is 2. The third-order valence-electron chi connectivity index (χ3n) is 6.18. The first-order valence-corrected chi connectivity index (χ1v) is 12.8. The SMILES string of the molecule is Cc1ccccc1CS(=O)(=O)N1CCC(C(=O)NCCc2ccc(C(C)C)cc2)CC1. The molecule has 1 aliphatic rings. The summed E-state index contributed by atoms with van der Waals surface area (Å²) in [4.78, 5) is 12.5. The molecule has 3 rings (SSSR count). The molecule has 2 aromatic rings. The van der Waals surface area contributed by atoms with Gasteiger partial charge in [0.15, 0.2) is 0 Å². The summed E-state index contributed by atoms with van der Waals surface area (Å²) in [5.41, 5.74) is 4.35. The van der Waals surface area contributed by atoms with E-state index in [9.17, 15) is 13.2 Å². The van der Waals surface area contributed by atoms with Crippen LogP contribution in [0.25, 0.3) is 0 Å². The number of piperidine rings is 1. The van der Waals surface area contributed by atoms with Crippen molar-refractivity contribution in [1.29, 1.82) is 0 Å². The molecule has 0 aromatic heterocycles. The van der Waals surface area contributed by atoms with E-state index in [0.717, 1.165) is 17.5 Å². The summed E-state index contributed by atoms with van der Waals surface area (Å²) in [6.45, 7) is 7.70. The van der Waals surface area contributed by atoms with E-state index in [1.807, 2.05) is 31.2 Å². The topological polar surface area (TPSA) is 66.5 Å². The summed E-state index contributed by atoms with van der Waals surface area (Å²) in [6.07, 6.45) is 1.94. The van der Waals surface area contributed by atoms with Gasteiger partial charge < -0.3 is 5.32 Å². The zero-order valence-corrected chi connectivity index (χ0v) is 19.6. The Labute approximate surface area is 186 Å². The van der Waals surface area contributed by atoms with Crippen LogP contribution in [0, 0.1) is 12.8 Å². The molecule has 5 nitrogen and oxygen atoms in total. The Morgan fingerprint density at radius 3 is 2.32 bits per heavy atom. The highest BCUT2D eigenvalue weighted by Crippen LogP contribution is 2.23. The number of carbonyl (C=O) groups excluding carboxylic acids is 1. The van der Waals surface area contributed by atoms with E-state index >= 15 is 0 Å². The quantitative estimate of drug-likeness (QED) is 0.671. The van der Waals surface area contributed by atoms with Crippen LogP contribution >= 0.6 is 0 Å². The lowest BCUT2D eigenvalue weighted by Gasteiger charge is -2.30. The fraction of sp³-hybridized carbons (Fsp3) is 0.480. The highest BCUT2D eigenvalue weighted by molar-refractivity contribution is 7.88. The second-order valence-electron chi connectivity index (χ2n) is 8.79. The molecule has 168 valence electrons. The van der Waals surface area contributed by atoms with Crippen LogP contribution in [0.3, 0.4) is 0 Å². The van der Waals surface area contributed by atoms with Crippen LogP contribution in [0.2, 0.25) is 0 Å². The third kappa shape index (κ3) is 6.40. The van der Waals surface area contributed by atoms with E-state index in [2.05, 4.69) is 43.4 Å². The molecule has 0 saturated carbocycles. The van der Waals surface area contributed by atoms with Gasteiger partial charge in [0.2, 0.25) is 15.9 Å². The molecular weight excluding hydrogens is 408 g/mol. The van der Waals surface area contributed by atoms with Gasteiger partial charge in [0, 0.05) is 25.6 Å². The van der Waals surface area contributed by atoms with Crippen molar-refractivity contribution < 1.29 is 13.2 Å². The molecule has 31 heavy (non-hydrogen) atoms. The molecule has 0 unspecified atom stereocenters. The van der Waals surface area contributed by atoms with E-state index in [-0.39, 0.29) is 17.6 Å². The van der Waals surface area contributed by atoms with Crippen LogP contribution < -0.4 is 5.32 Å². The van der Waals surface area contributed by atoms with Gasteiger partial charge in [-0.05, 0) is 54.4 Å². The minimum Gasteiger partial charge on any atom is -0.356 e. The van der Waals surface area contributed by atoms with E-state index < -0.39 is 10.0 Å². The van der Waals surface area contributed by atoms with Gasteiger partial charge in [0.05, 0.1) is 5.75 Å². The zero-order chi connectivity index (χ0) is 22.4. The number of nitrogens with one attached hydrogen (secondary N) is 1. The Balaban J connectivity index is 1.44. The summed E-state index contributed by atoms with van der Waals surface area (Å²) in [5, 5.41) is 3.03. The molecule has 2 aromatic carbocycles. The van der Waals surface area contributed by atoms with Crippen molar-refractivity contribution in [2.75, 3.05) is 19.6 Å². The summed E-state index contributed by atoms with van der Waals surface area (Å²) in [7, 11) is -3.37. The molecule has 0 radical (unpaired) electrons. The van der Waals surface area contributed by atoms with Gasteiger partial charge in [0.25, 0.3) is 0 Å². The number of aryl methyl sites for hydroxylation is 1. The molecule has 1 aliphatic heterocycles. The van der Waals surface area contributed by atoms with Gasteiger partial charge in [0.1, 0.15) is 0 Å². The first-order valence-electron chi connectivity index (χ1n) is 11.1. The normalized spacial score (nSPS) is 15.9. The van der Waals surface area contributed by atoms with Crippen LogP contribution in [-0.4, -0.2) is 38.3 Å². The van der Waals surface area contributed by atoms with E-state index in [1.54, 1.807) is 4.31 Å². The first-order chi connectivity index (χ1) is 14.8. The Hall–Kier alpha value is -2.18. The molecule has 1 N–H and O–H groups in total. The number of sulfonamides is 1. The Kier molecular flexibility index (Phi) is 7.89. The van der Waals surface area contributed by atoms with Gasteiger partial charge in [-0.25, -0.2) is 12.7 Å². The fourth-order valence-electron chi connectivity index (χ4n) is 4.00. The van der Waals surface area contributed by atoms with Crippen molar-refractivity contribution in [3.8, 4) is 0 Å². The first kappa shape index (κ1) is 23.5. The molecule has 0 atom stereocenters. The van der Waals surface area contributed by atoms with Crippen LogP contribution in [0.1, 0.15) is 54.9 Å². The number of hydrogen-bond donors (Lipinski definition) is 1. The van der Waals surface area contributed by atoms with Gasteiger partial charge in [-0.15, -0.1) is 0 Å². The molecule has 0 aliphatic carbocycles. The van der Waals surface area contributed by atoms with Crippen LogP contribution in [0.15, 0.2) is 48.5 Å². The van der Waals surface area contributed by atoms with Crippen molar-refractivity contribution >= 4 is 15.9 Å². The van der Waals surface area contributed by atoms with Crippen LogP contribution in [0.4, 0.5) is 0 Å². The van der Waals surface area contributed by atoms with Gasteiger partial charge in [-0.2, -0.15) is 0 Å². The number of carbonyl (C=O) groups is 1. The lowest BCUT2D eigenvalue weighted by Crippen LogP contribution is -2.43. The molecule has 0 spiro atoms. The maximum Gasteiger partial charge on any atom is 0.223 e. The van der Waals surface area contributed by atoms with E-state index in [4.69, 9.17) is 0 Å². The standard InChI is InChI=1S/C25H34N2O3S/c1-19(2)22-10-8-21(9-11-22)12-15-26-25(28)23-13-16-27(17-14-23)31(29,30)18-24-7-5-4-6-20(24)3/h4-11,19,23H,12-18H2,1-3H3,(H,26,28). The summed E-state index contributed by atoms with van der Waals surface area (Å²) in [6, 6.07) is 16.1. The predicted octanol–water partition coefficient (Wildman–Crippen LogP) is 4.02. The minimum atomic E-state index is -3.37. The fourth-order valence-corrected chi connectivity index (χ4v) is 5.67. The molecule has 0 bridgehead atoms. The largest absolute Gasteiger partial charge is 0.356 e. The monoisotopic (exact) mass is 442 g/mol. The number of nitrogens with zero attached hydrogens (tertiary/aromatic N) is 1. The Bertz CT molecular complexity index is 976. The van der Waals surface area contributed by atoms with E-state index in [1.165, 1.54) is 11.1 Å². The molecule has 6 heteroatoms. The molecular formula is C25H34N2O3S. The van der Waals surface area contributed by atoms with Crippen molar-refractivity contribution in [2.45, 2.75) is 51.7 Å². The number of hydrogen-bond acceptors (Lipinski definition) is 3. The van der Waals surface area contributed by atoms with Crippen molar-refractivity contribution in [3.05, 3.63) is 70.8 Å². The van der Waals surface area contributed by atoms with E-state index in [0.29, 0.717) is 38.4 Å². The lowest BCUT2D eigenvalue weighted by molar-refractivity contribution is -0.126. The number of rotatable bonds is 8. The summed E-state index contributed by atoms with van der Waals surface area (Å²) >= 11 is 0. The molecule has 1 fully saturated rings. The second kappa shape index (κ2) is 10.4. The highest BCUT2D eigenvalue weighted by atomic mass is 32.2. The van der Waals surface area contributed by atoms with Gasteiger partial charge in [-0.1, -0.05) is 62.4 Å². The average molecular weight is 443 g/mol. The Morgan fingerprint density at radius 1 is 1.06 bits per heavy atom. The Morgan fingerprint density at radius 2 is 1.71 bits per heavy atom.